The van der Waals surface area contributed by atoms with Crippen LogP contribution in [0.5, 0.6) is 0 Å². The molecule has 0 bridgehead atoms. The van der Waals surface area contributed by atoms with Gasteiger partial charge in [-0.3, -0.25) is 9.58 Å². The van der Waals surface area contributed by atoms with Crippen LogP contribution < -0.4 is 5.32 Å². The van der Waals surface area contributed by atoms with Gasteiger partial charge in [-0.05, 0) is 57.7 Å². The molecule has 0 amide bonds. The number of nitrogens with one attached hydrogen (secondary N) is 1. The van der Waals surface area contributed by atoms with E-state index in [1.807, 2.05) is 16.9 Å². The summed E-state index contributed by atoms with van der Waals surface area (Å²) in [5.74, 6) is 0. The standard InChI is InChI=1S/C18H30N4O/c23-18(6-3-11-21-10-2-1-5-16(18)21)14-19-13-17(7-8-17)15-22-12-4-9-20-22/h4,9,12,16,19,23H,1-3,5-8,10-11,13-15H2/t16-,18-/m1/s1. The zero-order valence-corrected chi connectivity index (χ0v) is 14.1. The Balaban J connectivity index is 1.31. The minimum atomic E-state index is -0.527. The number of aromatic nitrogens is 2. The molecule has 3 fully saturated rings. The molecule has 2 atom stereocenters. The SMILES string of the molecule is O[C@@]1(CNCC2(Cn3cccn3)CC2)CCCN2CCCC[C@@H]21. The minimum Gasteiger partial charge on any atom is -0.387 e. The lowest BCUT2D eigenvalue weighted by Gasteiger charge is -2.49. The lowest BCUT2D eigenvalue weighted by molar-refractivity contribution is -0.0922. The molecule has 3 aliphatic rings. The molecular weight excluding hydrogens is 288 g/mol. The van der Waals surface area contributed by atoms with Gasteiger partial charge in [0.2, 0.25) is 0 Å². The van der Waals surface area contributed by atoms with Crippen LogP contribution in [0, 0.1) is 5.41 Å². The third-order valence-corrected chi connectivity index (χ3v) is 6.23. The summed E-state index contributed by atoms with van der Waals surface area (Å²) in [6.07, 6.45) is 12.3. The third kappa shape index (κ3) is 3.32. The summed E-state index contributed by atoms with van der Waals surface area (Å²) in [6, 6.07) is 2.37. The summed E-state index contributed by atoms with van der Waals surface area (Å²) < 4.78 is 2.05. The molecule has 1 aliphatic carbocycles. The first kappa shape index (κ1) is 15.6. The van der Waals surface area contributed by atoms with Crippen molar-refractivity contribution < 1.29 is 5.11 Å². The van der Waals surface area contributed by atoms with Crippen molar-refractivity contribution >= 4 is 0 Å². The molecule has 0 aromatic carbocycles. The second-order valence-electron chi connectivity index (χ2n) is 8.06. The summed E-state index contributed by atoms with van der Waals surface area (Å²) in [4.78, 5) is 2.53. The first-order valence-electron chi connectivity index (χ1n) is 9.34. The summed E-state index contributed by atoms with van der Waals surface area (Å²) in [7, 11) is 0. The fourth-order valence-corrected chi connectivity index (χ4v) is 4.68. The van der Waals surface area contributed by atoms with Crippen molar-refractivity contribution in [1.29, 1.82) is 0 Å². The third-order valence-electron chi connectivity index (χ3n) is 6.23. The fraction of sp³-hybridized carbons (Fsp3) is 0.833. The highest BCUT2D eigenvalue weighted by Crippen LogP contribution is 2.46. The molecule has 128 valence electrons. The van der Waals surface area contributed by atoms with Gasteiger partial charge in [-0.1, -0.05) is 6.42 Å². The van der Waals surface area contributed by atoms with E-state index in [1.54, 1.807) is 0 Å². The smallest absolute Gasteiger partial charge is 0.0926 e. The Morgan fingerprint density at radius 1 is 1.13 bits per heavy atom. The Labute approximate surface area is 139 Å². The van der Waals surface area contributed by atoms with E-state index in [2.05, 4.69) is 21.5 Å². The van der Waals surface area contributed by atoms with Crippen LogP contribution in [-0.2, 0) is 6.54 Å². The van der Waals surface area contributed by atoms with Crippen LogP contribution in [0.3, 0.4) is 0 Å². The second kappa shape index (κ2) is 6.19. The van der Waals surface area contributed by atoms with Crippen LogP contribution >= 0.6 is 0 Å². The maximum Gasteiger partial charge on any atom is 0.0926 e. The van der Waals surface area contributed by atoms with E-state index in [1.165, 1.54) is 38.8 Å². The van der Waals surface area contributed by atoms with Crippen LogP contribution in [0.2, 0.25) is 0 Å². The highest BCUT2D eigenvalue weighted by atomic mass is 16.3. The van der Waals surface area contributed by atoms with E-state index < -0.39 is 5.60 Å². The Morgan fingerprint density at radius 3 is 2.78 bits per heavy atom. The molecular formula is C18H30N4O. The van der Waals surface area contributed by atoms with Gasteiger partial charge < -0.3 is 10.4 Å². The van der Waals surface area contributed by atoms with E-state index in [0.29, 0.717) is 11.5 Å². The van der Waals surface area contributed by atoms with Crippen LogP contribution in [0.15, 0.2) is 18.5 Å². The Kier molecular flexibility index (Phi) is 4.20. The molecule has 5 heteroatoms. The predicted octanol–water partition coefficient (Wildman–Crippen LogP) is 1.63. The van der Waals surface area contributed by atoms with Gasteiger partial charge in [0.1, 0.15) is 0 Å². The Bertz CT molecular complexity index is 511. The first-order chi connectivity index (χ1) is 11.2. The molecule has 2 saturated heterocycles. The topological polar surface area (TPSA) is 53.3 Å². The van der Waals surface area contributed by atoms with Crippen molar-refractivity contribution in [2.24, 2.45) is 5.41 Å². The zero-order chi connectivity index (χ0) is 15.8. The molecule has 1 aromatic heterocycles. The minimum absolute atomic E-state index is 0.364. The highest BCUT2D eigenvalue weighted by Gasteiger charge is 2.46. The van der Waals surface area contributed by atoms with Crippen LogP contribution in [0.25, 0.3) is 0 Å². The van der Waals surface area contributed by atoms with Crippen LogP contribution in [-0.4, -0.2) is 57.6 Å². The predicted molar refractivity (Wildman–Crippen MR) is 90.2 cm³/mol. The molecule has 1 saturated carbocycles. The molecule has 1 aromatic rings. The van der Waals surface area contributed by atoms with Gasteiger partial charge in [0.05, 0.1) is 5.60 Å². The summed E-state index contributed by atoms with van der Waals surface area (Å²) in [6.45, 7) is 5.10. The number of fused-ring (bicyclic) bond motifs is 1. The number of piperidine rings is 2. The number of aliphatic hydroxyl groups is 1. The monoisotopic (exact) mass is 318 g/mol. The first-order valence-corrected chi connectivity index (χ1v) is 9.34. The maximum atomic E-state index is 11.2. The number of hydrogen-bond acceptors (Lipinski definition) is 4. The van der Waals surface area contributed by atoms with Gasteiger partial charge in [0, 0.05) is 43.5 Å². The fourth-order valence-electron chi connectivity index (χ4n) is 4.68. The highest BCUT2D eigenvalue weighted by molar-refractivity contribution is 5.01. The molecule has 5 nitrogen and oxygen atoms in total. The van der Waals surface area contributed by atoms with Crippen molar-refractivity contribution in [3.8, 4) is 0 Å². The molecule has 2 aliphatic heterocycles. The molecule has 4 rings (SSSR count). The Hall–Kier alpha value is -0.910. The molecule has 0 spiro atoms. The van der Waals surface area contributed by atoms with Gasteiger partial charge in [-0.15, -0.1) is 0 Å². The largest absolute Gasteiger partial charge is 0.387 e. The normalized spacial score (nSPS) is 33.3. The Morgan fingerprint density at radius 2 is 2.00 bits per heavy atom. The van der Waals surface area contributed by atoms with Gasteiger partial charge in [0.15, 0.2) is 0 Å². The van der Waals surface area contributed by atoms with Crippen molar-refractivity contribution in [3.63, 3.8) is 0 Å². The van der Waals surface area contributed by atoms with E-state index in [9.17, 15) is 5.11 Å². The lowest BCUT2D eigenvalue weighted by Crippen LogP contribution is -2.62. The lowest BCUT2D eigenvalue weighted by atomic mass is 9.79. The van der Waals surface area contributed by atoms with Crippen molar-refractivity contribution in [2.45, 2.75) is 63.1 Å². The summed E-state index contributed by atoms with van der Waals surface area (Å²) in [5, 5.41) is 19.2. The quantitative estimate of drug-likeness (QED) is 0.837. The van der Waals surface area contributed by atoms with Crippen LogP contribution in [0.1, 0.15) is 44.9 Å². The van der Waals surface area contributed by atoms with Gasteiger partial charge in [0.25, 0.3) is 0 Å². The summed E-state index contributed by atoms with van der Waals surface area (Å²) >= 11 is 0. The van der Waals surface area contributed by atoms with Crippen molar-refractivity contribution in [1.82, 2.24) is 20.0 Å². The van der Waals surface area contributed by atoms with Gasteiger partial charge in [-0.25, -0.2) is 0 Å². The molecule has 23 heavy (non-hydrogen) atoms. The van der Waals surface area contributed by atoms with E-state index in [-0.39, 0.29) is 0 Å². The van der Waals surface area contributed by atoms with Crippen molar-refractivity contribution in [2.75, 3.05) is 26.2 Å². The van der Waals surface area contributed by atoms with Gasteiger partial charge in [-0.2, -0.15) is 5.10 Å². The maximum absolute atomic E-state index is 11.2. The van der Waals surface area contributed by atoms with Crippen LogP contribution in [0.4, 0.5) is 0 Å². The number of rotatable bonds is 6. The average molecular weight is 318 g/mol. The molecule has 2 N–H and O–H groups in total. The van der Waals surface area contributed by atoms with E-state index in [4.69, 9.17) is 0 Å². The van der Waals surface area contributed by atoms with E-state index >= 15 is 0 Å². The molecule has 3 heterocycles. The summed E-state index contributed by atoms with van der Waals surface area (Å²) in [5.41, 5.74) is -0.163. The van der Waals surface area contributed by atoms with Crippen molar-refractivity contribution in [3.05, 3.63) is 18.5 Å². The van der Waals surface area contributed by atoms with Gasteiger partial charge >= 0.3 is 0 Å². The zero-order valence-electron chi connectivity index (χ0n) is 14.1. The number of nitrogens with zero attached hydrogens (tertiary/aromatic N) is 3. The van der Waals surface area contributed by atoms with E-state index in [0.717, 1.165) is 38.9 Å². The second-order valence-corrected chi connectivity index (χ2v) is 8.06. The molecule has 0 unspecified atom stereocenters. The average Bonchev–Trinajstić information content (AvgIpc) is 3.11. The molecule has 0 radical (unpaired) electrons. The number of hydrogen-bond donors (Lipinski definition) is 2.